The van der Waals surface area contributed by atoms with E-state index in [0.717, 1.165) is 12.8 Å². The minimum atomic E-state index is 0. The first-order chi connectivity index (χ1) is 9.49. The maximum absolute atomic E-state index is 12.1. The predicted molar refractivity (Wildman–Crippen MR) is 84.3 cm³/mol. The van der Waals surface area contributed by atoms with Gasteiger partial charge in [-0.25, -0.2) is 4.79 Å². The van der Waals surface area contributed by atoms with E-state index in [1.165, 1.54) is 12.8 Å². The number of hydrogen-bond donors (Lipinski definition) is 2. The Hall–Kier alpha value is -1.01. The Morgan fingerprint density at radius 2 is 1.81 bits per heavy atom. The third kappa shape index (κ3) is 5.04. The molecule has 2 rings (SSSR count). The minimum absolute atomic E-state index is 0. The topological polar surface area (TPSA) is 78.7 Å². The van der Waals surface area contributed by atoms with Crippen LogP contribution in [0, 0.1) is 11.8 Å². The lowest BCUT2D eigenvalue weighted by atomic mass is 9.96. The summed E-state index contributed by atoms with van der Waals surface area (Å²) in [5, 5.41) is 2.96. The van der Waals surface area contributed by atoms with Crippen LogP contribution in [0.15, 0.2) is 0 Å². The number of nitrogens with two attached hydrogens (primary N) is 1. The summed E-state index contributed by atoms with van der Waals surface area (Å²) in [6.07, 6.45) is 3.87. The molecule has 21 heavy (non-hydrogen) atoms. The van der Waals surface area contributed by atoms with Crippen molar-refractivity contribution in [3.8, 4) is 0 Å². The Labute approximate surface area is 132 Å². The molecule has 122 valence electrons. The SMILES string of the molecule is CN(C)C(=O)N1CCC(C(=O)NCC(N)C2CC2)CC1.Cl. The highest BCUT2D eigenvalue weighted by Gasteiger charge is 2.31. The fourth-order valence-electron chi connectivity index (χ4n) is 2.67. The summed E-state index contributed by atoms with van der Waals surface area (Å²) in [6.45, 7) is 1.90. The van der Waals surface area contributed by atoms with Gasteiger partial charge in [0, 0.05) is 45.7 Å². The summed E-state index contributed by atoms with van der Waals surface area (Å²) in [5.74, 6) is 0.723. The normalized spacial score (nSPS) is 20.4. The van der Waals surface area contributed by atoms with Crippen molar-refractivity contribution in [1.29, 1.82) is 0 Å². The molecule has 1 saturated heterocycles. The molecule has 6 nitrogen and oxygen atoms in total. The van der Waals surface area contributed by atoms with Gasteiger partial charge in [0.1, 0.15) is 0 Å². The minimum Gasteiger partial charge on any atom is -0.354 e. The molecule has 0 aromatic rings. The summed E-state index contributed by atoms with van der Waals surface area (Å²) in [5.41, 5.74) is 5.98. The van der Waals surface area contributed by atoms with E-state index in [0.29, 0.717) is 25.6 Å². The lowest BCUT2D eigenvalue weighted by Crippen LogP contribution is -2.47. The fourth-order valence-corrected chi connectivity index (χ4v) is 2.67. The Morgan fingerprint density at radius 3 is 2.29 bits per heavy atom. The molecule has 3 N–H and O–H groups in total. The molecule has 1 atom stereocenters. The first-order valence-electron chi connectivity index (χ1n) is 7.48. The number of piperidine rings is 1. The van der Waals surface area contributed by atoms with Crippen molar-refractivity contribution in [3.05, 3.63) is 0 Å². The first kappa shape index (κ1) is 18.0. The standard InChI is InChI=1S/C14H26N4O2.ClH/c1-17(2)14(20)18-7-5-11(6-8-18)13(19)16-9-12(15)10-3-4-10;/h10-12H,3-9,15H2,1-2H3,(H,16,19);1H. The van der Waals surface area contributed by atoms with Crippen LogP contribution in [0.1, 0.15) is 25.7 Å². The van der Waals surface area contributed by atoms with Crippen LogP contribution in [0.5, 0.6) is 0 Å². The zero-order valence-corrected chi connectivity index (χ0v) is 13.7. The number of carbonyl (C=O) groups is 2. The van der Waals surface area contributed by atoms with Crippen molar-refractivity contribution < 1.29 is 9.59 Å². The van der Waals surface area contributed by atoms with E-state index in [-0.39, 0.29) is 36.3 Å². The summed E-state index contributed by atoms with van der Waals surface area (Å²) in [4.78, 5) is 27.3. The van der Waals surface area contributed by atoms with Crippen LogP contribution in [0.25, 0.3) is 0 Å². The molecule has 0 radical (unpaired) electrons. The molecule has 0 aromatic heterocycles. The van der Waals surface area contributed by atoms with Crippen molar-refractivity contribution >= 4 is 24.3 Å². The van der Waals surface area contributed by atoms with Gasteiger partial charge in [0.05, 0.1) is 0 Å². The fraction of sp³-hybridized carbons (Fsp3) is 0.857. The third-order valence-electron chi connectivity index (χ3n) is 4.26. The molecule has 2 aliphatic rings. The van der Waals surface area contributed by atoms with E-state index in [1.807, 2.05) is 0 Å². The summed E-state index contributed by atoms with van der Waals surface area (Å²) in [6, 6.07) is 0.133. The highest BCUT2D eigenvalue weighted by Crippen LogP contribution is 2.31. The van der Waals surface area contributed by atoms with Crippen molar-refractivity contribution in [2.24, 2.45) is 17.6 Å². The molecular weight excluding hydrogens is 292 g/mol. The second-order valence-electron chi connectivity index (χ2n) is 6.18. The monoisotopic (exact) mass is 318 g/mol. The number of amides is 3. The van der Waals surface area contributed by atoms with E-state index in [9.17, 15) is 9.59 Å². The molecule has 3 amide bonds. The van der Waals surface area contributed by atoms with Gasteiger partial charge in [-0.2, -0.15) is 0 Å². The van der Waals surface area contributed by atoms with Crippen molar-refractivity contribution in [3.63, 3.8) is 0 Å². The molecule has 0 aromatic carbocycles. The van der Waals surface area contributed by atoms with Crippen LogP contribution in [0.3, 0.4) is 0 Å². The van der Waals surface area contributed by atoms with Gasteiger partial charge in [0.25, 0.3) is 0 Å². The van der Waals surface area contributed by atoms with Gasteiger partial charge < -0.3 is 20.9 Å². The van der Waals surface area contributed by atoms with E-state index in [1.54, 1.807) is 23.9 Å². The Bertz CT molecular complexity index is 366. The highest BCUT2D eigenvalue weighted by molar-refractivity contribution is 5.85. The average Bonchev–Trinajstić information content (AvgIpc) is 3.28. The van der Waals surface area contributed by atoms with E-state index in [4.69, 9.17) is 5.73 Å². The van der Waals surface area contributed by atoms with Crippen LogP contribution in [0.2, 0.25) is 0 Å². The third-order valence-corrected chi connectivity index (χ3v) is 4.26. The molecule has 1 aliphatic heterocycles. The quantitative estimate of drug-likeness (QED) is 0.799. The highest BCUT2D eigenvalue weighted by atomic mass is 35.5. The van der Waals surface area contributed by atoms with Crippen molar-refractivity contribution in [2.75, 3.05) is 33.7 Å². The van der Waals surface area contributed by atoms with E-state index in [2.05, 4.69) is 5.32 Å². The second kappa shape index (κ2) is 7.84. The molecule has 2 fully saturated rings. The molecule has 0 bridgehead atoms. The number of nitrogens with zero attached hydrogens (tertiary/aromatic N) is 2. The molecule has 1 unspecified atom stereocenters. The van der Waals surface area contributed by atoms with Crippen LogP contribution >= 0.6 is 12.4 Å². The van der Waals surface area contributed by atoms with E-state index >= 15 is 0 Å². The lowest BCUT2D eigenvalue weighted by molar-refractivity contribution is -0.126. The molecule has 7 heteroatoms. The summed E-state index contributed by atoms with van der Waals surface area (Å²) < 4.78 is 0. The van der Waals surface area contributed by atoms with Gasteiger partial charge in [-0.3, -0.25) is 4.79 Å². The maximum Gasteiger partial charge on any atom is 0.319 e. The smallest absolute Gasteiger partial charge is 0.319 e. The van der Waals surface area contributed by atoms with Crippen LogP contribution in [-0.4, -0.2) is 61.5 Å². The number of halogens is 1. The Kier molecular flexibility index (Phi) is 6.74. The summed E-state index contributed by atoms with van der Waals surface area (Å²) in [7, 11) is 3.50. The first-order valence-corrected chi connectivity index (χ1v) is 7.48. The van der Waals surface area contributed by atoms with Gasteiger partial charge >= 0.3 is 6.03 Å². The number of rotatable bonds is 4. The molecular formula is C14H27ClN4O2. The van der Waals surface area contributed by atoms with E-state index < -0.39 is 0 Å². The van der Waals surface area contributed by atoms with Gasteiger partial charge in [-0.15, -0.1) is 12.4 Å². The lowest BCUT2D eigenvalue weighted by Gasteiger charge is -2.33. The molecule has 1 heterocycles. The maximum atomic E-state index is 12.1. The zero-order valence-electron chi connectivity index (χ0n) is 12.9. The Balaban J connectivity index is 0.00000220. The van der Waals surface area contributed by atoms with Crippen molar-refractivity contribution in [2.45, 2.75) is 31.7 Å². The molecule has 1 saturated carbocycles. The predicted octanol–water partition coefficient (Wildman–Crippen LogP) is 0.655. The van der Waals surface area contributed by atoms with Gasteiger partial charge in [-0.1, -0.05) is 0 Å². The van der Waals surface area contributed by atoms with Crippen molar-refractivity contribution in [1.82, 2.24) is 15.1 Å². The molecule has 1 aliphatic carbocycles. The number of nitrogens with one attached hydrogen (secondary N) is 1. The van der Waals surface area contributed by atoms with Gasteiger partial charge in [0.2, 0.25) is 5.91 Å². The number of urea groups is 1. The second-order valence-corrected chi connectivity index (χ2v) is 6.18. The largest absolute Gasteiger partial charge is 0.354 e. The van der Waals surface area contributed by atoms with Crippen LogP contribution in [0.4, 0.5) is 4.79 Å². The number of hydrogen-bond acceptors (Lipinski definition) is 3. The van der Waals surface area contributed by atoms with Gasteiger partial charge in [-0.05, 0) is 31.6 Å². The summed E-state index contributed by atoms with van der Waals surface area (Å²) >= 11 is 0. The van der Waals surface area contributed by atoms with Crippen LogP contribution in [-0.2, 0) is 4.79 Å². The zero-order chi connectivity index (χ0) is 14.7. The Morgan fingerprint density at radius 1 is 1.24 bits per heavy atom. The number of carbonyl (C=O) groups excluding carboxylic acids is 2. The van der Waals surface area contributed by atoms with Crippen LogP contribution < -0.4 is 11.1 Å². The average molecular weight is 319 g/mol. The van der Waals surface area contributed by atoms with Gasteiger partial charge in [0.15, 0.2) is 0 Å². The number of likely N-dealkylation sites (tertiary alicyclic amines) is 1. The molecule has 0 spiro atoms.